The lowest BCUT2D eigenvalue weighted by molar-refractivity contribution is -0.121. The van der Waals surface area contributed by atoms with Gasteiger partial charge in [-0.3, -0.25) is 4.79 Å². The van der Waals surface area contributed by atoms with Gasteiger partial charge in [-0.1, -0.05) is 61.6 Å². The molecule has 0 amide bonds. The predicted octanol–water partition coefficient (Wildman–Crippen LogP) is 5.28. The maximum Gasteiger partial charge on any atom is 0.161 e. The van der Waals surface area contributed by atoms with Crippen molar-refractivity contribution in [3.05, 3.63) is 38.8 Å². The molecular formula is C13H13Cl3O. The summed E-state index contributed by atoms with van der Waals surface area (Å²) in [6.07, 6.45) is 3.16. The Balaban J connectivity index is 3.02. The van der Waals surface area contributed by atoms with Gasteiger partial charge in [0.15, 0.2) is 5.78 Å². The van der Waals surface area contributed by atoms with Crippen LogP contribution in [0.1, 0.15) is 26.3 Å². The number of halogens is 3. The molecule has 1 rings (SSSR count). The zero-order chi connectivity index (χ0) is 13.2. The Bertz CT molecular complexity index is 470. The van der Waals surface area contributed by atoms with Gasteiger partial charge in [0.1, 0.15) is 0 Å². The van der Waals surface area contributed by atoms with E-state index >= 15 is 0 Å². The molecular weight excluding hydrogens is 279 g/mol. The van der Waals surface area contributed by atoms with Gasteiger partial charge in [0.2, 0.25) is 0 Å². The fourth-order valence-electron chi connectivity index (χ4n) is 1.09. The average molecular weight is 292 g/mol. The highest BCUT2D eigenvalue weighted by atomic mass is 35.5. The zero-order valence-electron chi connectivity index (χ0n) is 9.85. The normalized spacial score (nSPS) is 12.1. The van der Waals surface area contributed by atoms with Crippen molar-refractivity contribution in [2.24, 2.45) is 5.41 Å². The molecule has 0 unspecified atom stereocenters. The number of ketones is 1. The molecule has 0 atom stereocenters. The number of hydrogen-bond acceptors (Lipinski definition) is 1. The van der Waals surface area contributed by atoms with E-state index in [0.717, 1.165) is 0 Å². The summed E-state index contributed by atoms with van der Waals surface area (Å²) >= 11 is 17.7. The third kappa shape index (κ3) is 3.74. The van der Waals surface area contributed by atoms with Crippen LogP contribution < -0.4 is 0 Å². The Morgan fingerprint density at radius 2 is 1.71 bits per heavy atom. The van der Waals surface area contributed by atoms with Gasteiger partial charge in [0, 0.05) is 5.41 Å². The Morgan fingerprint density at radius 1 is 1.12 bits per heavy atom. The highest BCUT2D eigenvalue weighted by molar-refractivity contribution is 6.48. The molecule has 0 fully saturated rings. The van der Waals surface area contributed by atoms with Crippen molar-refractivity contribution in [3.63, 3.8) is 0 Å². The first-order valence-electron chi connectivity index (χ1n) is 5.09. The smallest absolute Gasteiger partial charge is 0.161 e. The fourth-order valence-corrected chi connectivity index (χ4v) is 1.69. The third-order valence-electron chi connectivity index (χ3n) is 2.22. The van der Waals surface area contributed by atoms with Crippen LogP contribution in [0.25, 0.3) is 6.08 Å². The fraction of sp³-hybridized carbons (Fsp3) is 0.308. The van der Waals surface area contributed by atoms with Gasteiger partial charge < -0.3 is 0 Å². The molecule has 0 saturated heterocycles. The lowest BCUT2D eigenvalue weighted by atomic mass is 9.90. The van der Waals surface area contributed by atoms with Crippen LogP contribution in [0.4, 0.5) is 0 Å². The van der Waals surface area contributed by atoms with E-state index in [1.54, 1.807) is 18.2 Å². The first-order valence-corrected chi connectivity index (χ1v) is 6.23. The van der Waals surface area contributed by atoms with E-state index in [1.807, 2.05) is 20.8 Å². The first-order chi connectivity index (χ1) is 7.73. The summed E-state index contributed by atoms with van der Waals surface area (Å²) in [5.41, 5.74) is 0.276. The quantitative estimate of drug-likeness (QED) is 0.535. The molecule has 0 N–H and O–H groups in total. The molecule has 0 aliphatic carbocycles. The molecule has 1 aromatic carbocycles. The summed E-state index contributed by atoms with van der Waals surface area (Å²) in [7, 11) is 0. The molecule has 0 aliphatic heterocycles. The van der Waals surface area contributed by atoms with Gasteiger partial charge in [0.25, 0.3) is 0 Å². The van der Waals surface area contributed by atoms with Crippen molar-refractivity contribution in [2.75, 3.05) is 0 Å². The minimum atomic E-state index is -0.404. The summed E-state index contributed by atoms with van der Waals surface area (Å²) in [5.74, 6) is 0.0274. The maximum absolute atomic E-state index is 11.7. The van der Waals surface area contributed by atoms with Crippen LogP contribution in [0.15, 0.2) is 18.2 Å². The number of allylic oxidation sites excluding steroid dienone is 1. The SMILES string of the molecule is CC(C)(C)C(=O)/C=C/c1ccc(Cl)c(Cl)c1Cl. The standard InChI is InChI=1S/C13H13Cl3O/c1-13(2,3)10(17)7-5-8-4-6-9(14)12(16)11(8)15/h4-7H,1-3H3/b7-5+. The topological polar surface area (TPSA) is 17.1 Å². The Morgan fingerprint density at radius 3 is 2.24 bits per heavy atom. The highest BCUT2D eigenvalue weighted by Crippen LogP contribution is 2.33. The monoisotopic (exact) mass is 290 g/mol. The van der Waals surface area contributed by atoms with Gasteiger partial charge in [-0.15, -0.1) is 0 Å². The summed E-state index contributed by atoms with van der Waals surface area (Å²) < 4.78 is 0. The van der Waals surface area contributed by atoms with Crippen LogP contribution in [0.5, 0.6) is 0 Å². The molecule has 17 heavy (non-hydrogen) atoms. The molecule has 1 nitrogen and oxygen atoms in total. The van der Waals surface area contributed by atoms with Crippen LogP contribution in [0, 0.1) is 5.41 Å². The van der Waals surface area contributed by atoms with Gasteiger partial charge in [-0.05, 0) is 23.8 Å². The van der Waals surface area contributed by atoms with E-state index < -0.39 is 5.41 Å². The zero-order valence-corrected chi connectivity index (χ0v) is 12.1. The van der Waals surface area contributed by atoms with Crippen molar-refractivity contribution in [2.45, 2.75) is 20.8 Å². The molecule has 92 valence electrons. The van der Waals surface area contributed by atoms with Gasteiger partial charge in [-0.25, -0.2) is 0 Å². The molecule has 4 heteroatoms. The highest BCUT2D eigenvalue weighted by Gasteiger charge is 2.18. The average Bonchev–Trinajstić information content (AvgIpc) is 2.23. The van der Waals surface area contributed by atoms with Gasteiger partial charge in [0.05, 0.1) is 15.1 Å². The molecule has 0 aliphatic rings. The molecule has 0 bridgehead atoms. The number of rotatable bonds is 2. The Kier molecular flexibility index (Phi) is 4.65. The van der Waals surface area contributed by atoms with Gasteiger partial charge in [-0.2, -0.15) is 0 Å². The van der Waals surface area contributed by atoms with Crippen molar-refractivity contribution >= 4 is 46.7 Å². The van der Waals surface area contributed by atoms with E-state index in [2.05, 4.69) is 0 Å². The largest absolute Gasteiger partial charge is 0.294 e. The number of hydrogen-bond donors (Lipinski definition) is 0. The van der Waals surface area contributed by atoms with E-state index in [0.29, 0.717) is 20.6 Å². The third-order valence-corrected chi connectivity index (χ3v) is 3.53. The molecule has 0 heterocycles. The number of benzene rings is 1. The minimum Gasteiger partial charge on any atom is -0.294 e. The van der Waals surface area contributed by atoms with E-state index in [9.17, 15) is 4.79 Å². The van der Waals surface area contributed by atoms with E-state index in [4.69, 9.17) is 34.8 Å². The van der Waals surface area contributed by atoms with Crippen molar-refractivity contribution < 1.29 is 4.79 Å². The molecule has 0 radical (unpaired) electrons. The summed E-state index contributed by atoms with van der Waals surface area (Å²) in [6, 6.07) is 3.37. The lowest BCUT2D eigenvalue weighted by Crippen LogP contribution is -2.17. The maximum atomic E-state index is 11.7. The summed E-state index contributed by atoms with van der Waals surface area (Å²) in [5, 5.41) is 1.06. The lowest BCUT2D eigenvalue weighted by Gasteiger charge is -2.13. The second-order valence-corrected chi connectivity index (χ2v) is 5.88. The molecule has 0 aromatic heterocycles. The van der Waals surface area contributed by atoms with Crippen LogP contribution >= 0.6 is 34.8 Å². The van der Waals surface area contributed by atoms with Crippen molar-refractivity contribution in [1.29, 1.82) is 0 Å². The Hall–Kier alpha value is -0.500. The predicted molar refractivity (Wildman–Crippen MR) is 75.0 cm³/mol. The van der Waals surface area contributed by atoms with Crippen LogP contribution in [-0.2, 0) is 4.79 Å². The second kappa shape index (κ2) is 5.43. The second-order valence-electron chi connectivity index (χ2n) is 4.71. The van der Waals surface area contributed by atoms with E-state index in [-0.39, 0.29) is 5.78 Å². The summed E-state index contributed by atoms with van der Waals surface area (Å²) in [4.78, 5) is 11.7. The number of carbonyl (C=O) groups is 1. The molecule has 0 saturated carbocycles. The number of carbonyl (C=O) groups excluding carboxylic acids is 1. The minimum absolute atomic E-state index is 0.0274. The van der Waals surface area contributed by atoms with Crippen LogP contribution in [0.2, 0.25) is 15.1 Å². The first kappa shape index (κ1) is 14.6. The van der Waals surface area contributed by atoms with E-state index in [1.165, 1.54) is 6.08 Å². The molecule has 0 spiro atoms. The summed E-state index contributed by atoms with van der Waals surface area (Å²) in [6.45, 7) is 5.57. The van der Waals surface area contributed by atoms with Crippen LogP contribution in [-0.4, -0.2) is 5.78 Å². The molecule has 1 aromatic rings. The van der Waals surface area contributed by atoms with Crippen molar-refractivity contribution in [1.82, 2.24) is 0 Å². The van der Waals surface area contributed by atoms with Gasteiger partial charge >= 0.3 is 0 Å². The van der Waals surface area contributed by atoms with Crippen LogP contribution in [0.3, 0.4) is 0 Å². The Labute approximate surface area is 116 Å². The van der Waals surface area contributed by atoms with Crippen molar-refractivity contribution in [3.8, 4) is 0 Å².